The molecule has 1 aromatic heterocycles. The van der Waals surface area contributed by atoms with Crippen LogP contribution in [0.4, 0.5) is 0 Å². The molecular weight excluding hydrogens is 338 g/mol. The Hall–Kier alpha value is -2.01. The Morgan fingerprint density at radius 3 is 2.76 bits per heavy atom. The van der Waals surface area contributed by atoms with Gasteiger partial charge in [-0.1, -0.05) is 17.7 Å². The van der Waals surface area contributed by atoms with Crippen LogP contribution >= 0.6 is 11.6 Å². The summed E-state index contributed by atoms with van der Waals surface area (Å²) >= 11 is 5.94. The van der Waals surface area contributed by atoms with Gasteiger partial charge in [-0.15, -0.1) is 0 Å². The molecule has 0 radical (unpaired) electrons. The zero-order valence-electron chi connectivity index (χ0n) is 14.6. The minimum Gasteiger partial charge on any atom is -0.481 e. The number of hydrogen-bond donors (Lipinski definition) is 1. The van der Waals surface area contributed by atoms with E-state index in [1.54, 1.807) is 31.2 Å². The lowest BCUT2D eigenvalue weighted by Crippen LogP contribution is -2.44. The number of benzene rings is 1. The average Bonchev–Trinajstić information content (AvgIpc) is 3.02. The molecule has 1 aromatic carbocycles. The van der Waals surface area contributed by atoms with Crippen molar-refractivity contribution in [3.63, 3.8) is 0 Å². The molecule has 1 aliphatic carbocycles. The SMILES string of the molecule is Cc1cnn(C2CCC(NC(=O)C(C)Oc3cccc(Cl)c3)CC2)c1. The molecule has 1 amide bonds. The second kappa shape index (κ2) is 7.91. The maximum atomic E-state index is 12.4. The van der Waals surface area contributed by atoms with E-state index in [0.29, 0.717) is 16.8 Å². The van der Waals surface area contributed by atoms with Crippen LogP contribution in [0.3, 0.4) is 0 Å². The van der Waals surface area contributed by atoms with E-state index in [9.17, 15) is 4.79 Å². The highest BCUT2D eigenvalue weighted by atomic mass is 35.5. The van der Waals surface area contributed by atoms with Crippen molar-refractivity contribution < 1.29 is 9.53 Å². The molecule has 3 rings (SSSR count). The quantitative estimate of drug-likeness (QED) is 0.878. The second-order valence-corrected chi connectivity index (χ2v) is 7.17. The molecule has 1 saturated carbocycles. The maximum absolute atomic E-state index is 12.4. The number of nitrogens with zero attached hydrogens (tertiary/aromatic N) is 2. The number of carbonyl (C=O) groups is 1. The molecule has 0 saturated heterocycles. The van der Waals surface area contributed by atoms with Gasteiger partial charge in [-0.25, -0.2) is 0 Å². The first-order chi connectivity index (χ1) is 12.0. The Balaban J connectivity index is 1.47. The van der Waals surface area contributed by atoms with Gasteiger partial charge in [0, 0.05) is 17.3 Å². The van der Waals surface area contributed by atoms with Gasteiger partial charge in [0.25, 0.3) is 5.91 Å². The van der Waals surface area contributed by atoms with Crippen LogP contribution in [0.2, 0.25) is 5.02 Å². The van der Waals surface area contributed by atoms with Crippen LogP contribution in [-0.4, -0.2) is 27.8 Å². The van der Waals surface area contributed by atoms with Gasteiger partial charge in [0.2, 0.25) is 0 Å². The summed E-state index contributed by atoms with van der Waals surface area (Å²) in [7, 11) is 0. The van der Waals surface area contributed by atoms with Crippen molar-refractivity contribution in [1.82, 2.24) is 15.1 Å². The van der Waals surface area contributed by atoms with E-state index in [4.69, 9.17) is 16.3 Å². The highest BCUT2D eigenvalue weighted by Gasteiger charge is 2.25. The molecule has 1 unspecified atom stereocenters. The van der Waals surface area contributed by atoms with E-state index in [2.05, 4.69) is 28.2 Å². The summed E-state index contributed by atoms with van der Waals surface area (Å²) in [6.07, 6.45) is 7.39. The Morgan fingerprint density at radius 1 is 1.36 bits per heavy atom. The lowest BCUT2D eigenvalue weighted by atomic mass is 9.91. The summed E-state index contributed by atoms with van der Waals surface area (Å²) in [5, 5.41) is 8.10. The fraction of sp³-hybridized carbons (Fsp3) is 0.474. The van der Waals surface area contributed by atoms with E-state index in [0.717, 1.165) is 25.7 Å². The molecule has 1 N–H and O–H groups in total. The summed E-state index contributed by atoms with van der Waals surface area (Å²) in [5.41, 5.74) is 1.18. The van der Waals surface area contributed by atoms with Gasteiger partial charge in [0.15, 0.2) is 6.10 Å². The Kier molecular flexibility index (Phi) is 5.63. The average molecular weight is 362 g/mol. The third-order valence-corrected chi connectivity index (χ3v) is 4.86. The topological polar surface area (TPSA) is 56.2 Å². The van der Waals surface area contributed by atoms with Crippen molar-refractivity contribution in [1.29, 1.82) is 0 Å². The van der Waals surface area contributed by atoms with Crippen molar-refractivity contribution in [3.05, 3.63) is 47.2 Å². The van der Waals surface area contributed by atoms with Gasteiger partial charge >= 0.3 is 0 Å². The normalized spacial score (nSPS) is 21.6. The molecule has 5 nitrogen and oxygen atoms in total. The Bertz CT molecular complexity index is 723. The molecule has 1 aliphatic rings. The molecule has 0 bridgehead atoms. The number of aryl methyl sites for hydroxylation is 1. The number of nitrogens with one attached hydrogen (secondary N) is 1. The molecule has 1 heterocycles. The van der Waals surface area contributed by atoms with Crippen molar-refractivity contribution in [2.75, 3.05) is 0 Å². The predicted molar refractivity (Wildman–Crippen MR) is 97.9 cm³/mol. The van der Waals surface area contributed by atoms with Crippen LogP contribution in [0.25, 0.3) is 0 Å². The smallest absolute Gasteiger partial charge is 0.260 e. The van der Waals surface area contributed by atoms with Crippen LogP contribution in [0.15, 0.2) is 36.7 Å². The number of carbonyl (C=O) groups excluding carboxylic acids is 1. The van der Waals surface area contributed by atoms with Gasteiger partial charge in [-0.05, 0) is 63.3 Å². The van der Waals surface area contributed by atoms with Crippen molar-refractivity contribution >= 4 is 17.5 Å². The molecular formula is C19H24ClN3O2. The zero-order valence-corrected chi connectivity index (χ0v) is 15.4. The summed E-state index contributed by atoms with van der Waals surface area (Å²) in [6, 6.07) is 7.72. The molecule has 2 aromatic rings. The van der Waals surface area contributed by atoms with E-state index in [1.807, 2.05) is 6.20 Å². The number of aromatic nitrogens is 2. The Labute approximate surface area is 153 Å². The van der Waals surface area contributed by atoms with Crippen molar-refractivity contribution in [3.8, 4) is 5.75 Å². The predicted octanol–water partition coefficient (Wildman–Crippen LogP) is 3.91. The fourth-order valence-electron chi connectivity index (χ4n) is 3.23. The van der Waals surface area contributed by atoms with Crippen molar-refractivity contribution in [2.45, 2.75) is 57.7 Å². The molecule has 25 heavy (non-hydrogen) atoms. The number of rotatable bonds is 5. The highest BCUT2D eigenvalue weighted by molar-refractivity contribution is 6.30. The van der Waals surface area contributed by atoms with Crippen molar-refractivity contribution in [2.24, 2.45) is 0 Å². The van der Waals surface area contributed by atoms with Gasteiger partial charge in [0.1, 0.15) is 5.75 Å². The molecule has 6 heteroatoms. The molecule has 1 atom stereocenters. The third kappa shape index (κ3) is 4.75. The summed E-state index contributed by atoms with van der Waals surface area (Å²) in [6.45, 7) is 3.81. The van der Waals surface area contributed by atoms with E-state index < -0.39 is 6.10 Å². The summed E-state index contributed by atoms with van der Waals surface area (Å²) in [4.78, 5) is 12.4. The first-order valence-electron chi connectivity index (χ1n) is 8.74. The van der Waals surface area contributed by atoms with Gasteiger partial charge in [0.05, 0.1) is 12.2 Å². The number of halogens is 1. The first kappa shape index (κ1) is 17.8. The van der Waals surface area contributed by atoms with Gasteiger partial charge < -0.3 is 10.1 Å². The largest absolute Gasteiger partial charge is 0.481 e. The summed E-state index contributed by atoms with van der Waals surface area (Å²) in [5.74, 6) is 0.520. The van der Waals surface area contributed by atoms with Crippen LogP contribution in [0.1, 0.15) is 44.2 Å². The standard InChI is InChI=1S/C19H24ClN3O2/c1-13-11-21-23(12-13)17-8-6-16(7-9-17)22-19(24)14(2)25-18-5-3-4-15(20)10-18/h3-5,10-12,14,16-17H,6-9H2,1-2H3,(H,22,24). The van der Waals surface area contributed by atoms with Crippen LogP contribution < -0.4 is 10.1 Å². The lowest BCUT2D eigenvalue weighted by molar-refractivity contribution is -0.128. The van der Waals surface area contributed by atoms with E-state index >= 15 is 0 Å². The zero-order chi connectivity index (χ0) is 17.8. The van der Waals surface area contributed by atoms with E-state index in [1.165, 1.54) is 5.56 Å². The number of amides is 1. The first-order valence-corrected chi connectivity index (χ1v) is 9.12. The number of ether oxygens (including phenoxy) is 1. The van der Waals surface area contributed by atoms with E-state index in [-0.39, 0.29) is 11.9 Å². The fourth-order valence-corrected chi connectivity index (χ4v) is 3.41. The Morgan fingerprint density at radius 2 is 2.12 bits per heavy atom. The molecule has 134 valence electrons. The van der Waals surface area contributed by atoms with Crippen LogP contribution in [-0.2, 0) is 4.79 Å². The van der Waals surface area contributed by atoms with Crippen LogP contribution in [0, 0.1) is 6.92 Å². The molecule has 1 fully saturated rings. The minimum absolute atomic E-state index is 0.0849. The minimum atomic E-state index is -0.551. The second-order valence-electron chi connectivity index (χ2n) is 6.73. The molecule has 0 aliphatic heterocycles. The van der Waals surface area contributed by atoms with Crippen LogP contribution in [0.5, 0.6) is 5.75 Å². The highest BCUT2D eigenvalue weighted by Crippen LogP contribution is 2.28. The number of hydrogen-bond acceptors (Lipinski definition) is 3. The van der Waals surface area contributed by atoms with Gasteiger partial charge in [-0.3, -0.25) is 9.48 Å². The van der Waals surface area contributed by atoms with Gasteiger partial charge in [-0.2, -0.15) is 5.10 Å². The monoisotopic (exact) mass is 361 g/mol. The third-order valence-electron chi connectivity index (χ3n) is 4.63. The lowest BCUT2D eigenvalue weighted by Gasteiger charge is -2.30. The molecule has 0 spiro atoms. The summed E-state index contributed by atoms with van der Waals surface area (Å²) < 4.78 is 7.73. The maximum Gasteiger partial charge on any atom is 0.260 e.